The largest absolute Gasteiger partial charge is 3.00 e. The van der Waals surface area contributed by atoms with Gasteiger partial charge in [-0.15, -0.1) is 0 Å². The van der Waals surface area contributed by atoms with Crippen molar-refractivity contribution in [3.8, 4) is 0 Å². The predicted molar refractivity (Wildman–Crippen MR) is 25.1 cm³/mol. The van der Waals surface area contributed by atoms with Gasteiger partial charge in [0.05, 0.1) is 0 Å². The molecule has 0 aliphatic carbocycles. The second kappa shape index (κ2) is 93.6. The van der Waals surface area contributed by atoms with Crippen LogP contribution >= 0.6 is 0 Å². The molecule has 0 rings (SSSR count). The molecule has 0 aromatic heterocycles. The van der Waals surface area contributed by atoms with Crippen LogP contribution < -0.4 is 0 Å². The maximum Gasteiger partial charge on any atom is 3.00 e. The predicted octanol–water partition coefficient (Wildman–Crippen LogP) is -1.88. The van der Waals surface area contributed by atoms with Gasteiger partial charge in [0.2, 0.25) is 0 Å². The van der Waals surface area contributed by atoms with Crippen molar-refractivity contribution in [2.75, 3.05) is 0 Å². The Morgan fingerprint density at radius 2 is 0.429 bits per heavy atom. The summed E-state index contributed by atoms with van der Waals surface area (Å²) in [4.78, 5) is 0. The average Bonchev–Trinajstić information content (AvgIpc) is 0. The topological polar surface area (TPSA) is 85.5 Å². The molecule has 0 unspecified atom stereocenters. The van der Waals surface area contributed by atoms with Crippen molar-refractivity contribution in [3.63, 3.8) is 0 Å². The van der Waals surface area contributed by atoms with E-state index in [-0.39, 0.29) is 90.8 Å². The van der Waals surface area contributed by atoms with Crippen LogP contribution in [-0.2, 0) is 16.4 Å². The Kier molecular flexibility index (Phi) is 1830. The molecule has 0 heterocycles. The Bertz CT molecular complexity index is 10.9. The third kappa shape index (κ3) is 69.0. The number of hydrogen-bond donors (Lipinski definition) is 0. The van der Waals surface area contributed by atoms with Crippen molar-refractivity contribution in [1.29, 1.82) is 0 Å². The Morgan fingerprint density at radius 1 is 0.429 bits per heavy atom. The summed E-state index contributed by atoms with van der Waals surface area (Å²) in [5.41, 5.74) is 0. The van der Waals surface area contributed by atoms with E-state index in [2.05, 4.69) is 0 Å². The van der Waals surface area contributed by atoms with Crippen molar-refractivity contribution >= 4 is 74.3 Å². The first-order valence-corrected chi connectivity index (χ1v) is 0. The van der Waals surface area contributed by atoms with Gasteiger partial charge in [-0.25, -0.2) is 0 Å². The Labute approximate surface area is 89.9 Å². The van der Waals surface area contributed by atoms with E-state index in [9.17, 15) is 0 Å². The van der Waals surface area contributed by atoms with E-state index in [1.807, 2.05) is 0 Å². The molecule has 0 aromatic rings. The fourth-order valence-electron chi connectivity index (χ4n) is 0. The fourth-order valence-corrected chi connectivity index (χ4v) is 0. The van der Waals surface area contributed by atoms with Crippen molar-refractivity contribution in [2.45, 2.75) is 0 Å². The Morgan fingerprint density at radius 3 is 0.429 bits per heavy atom. The third-order valence-electron chi connectivity index (χ3n) is 0. The number of rotatable bonds is 0. The summed E-state index contributed by atoms with van der Waals surface area (Å²) in [5, 5.41) is 0. The van der Waals surface area contributed by atoms with E-state index >= 15 is 0 Å². The molecule has 12 radical (unpaired) electrons. The Balaban J connectivity index is 0. The standard InChI is InChI=1S/2Bi.3O.2Si/q2*+3;3*-2;;. The van der Waals surface area contributed by atoms with Crippen molar-refractivity contribution in [1.82, 2.24) is 0 Å². The van der Waals surface area contributed by atoms with Gasteiger partial charge in [-0.1, -0.05) is 0 Å². The maximum absolute atomic E-state index is 0. The second-order valence-electron chi connectivity index (χ2n) is 0. The molecule has 7 heavy (non-hydrogen) atoms. The average molecular weight is 522 g/mol. The molecule has 36 valence electrons. The normalized spacial score (nSPS) is 0. The summed E-state index contributed by atoms with van der Waals surface area (Å²) in [6.07, 6.45) is 0. The molecule has 0 aliphatic heterocycles. The molecule has 0 bridgehead atoms. The molecule has 0 atom stereocenters. The minimum Gasteiger partial charge on any atom is -2.00 e. The van der Waals surface area contributed by atoms with Gasteiger partial charge < -0.3 is 16.4 Å². The van der Waals surface area contributed by atoms with Crippen LogP contribution in [0.1, 0.15) is 0 Å². The minimum absolute atomic E-state index is 0. The van der Waals surface area contributed by atoms with Gasteiger partial charge in [-0.3, -0.25) is 0 Å². The van der Waals surface area contributed by atoms with Crippen LogP contribution in [0, 0.1) is 0 Å². The molecule has 0 spiro atoms. The van der Waals surface area contributed by atoms with E-state index in [0.29, 0.717) is 0 Å². The van der Waals surface area contributed by atoms with E-state index in [1.54, 1.807) is 0 Å². The van der Waals surface area contributed by atoms with Crippen LogP contribution in [0.2, 0.25) is 0 Å². The molecule has 7 heteroatoms. The maximum atomic E-state index is 0. The van der Waals surface area contributed by atoms with E-state index in [1.165, 1.54) is 0 Å². The van der Waals surface area contributed by atoms with Gasteiger partial charge in [0.15, 0.2) is 0 Å². The number of hydrogen-bond acceptors (Lipinski definition) is 0. The molecule has 0 saturated heterocycles. The molecule has 0 aliphatic rings. The first-order chi connectivity index (χ1) is 0. The van der Waals surface area contributed by atoms with Crippen molar-refractivity contribution < 1.29 is 16.4 Å². The zero-order valence-corrected chi connectivity index (χ0v) is 12.1. The van der Waals surface area contributed by atoms with Crippen LogP contribution in [0.3, 0.4) is 0 Å². The molecule has 0 amide bonds. The molecule has 0 aromatic carbocycles. The molecule has 0 N–H and O–H groups in total. The summed E-state index contributed by atoms with van der Waals surface area (Å²) in [6, 6.07) is 0. The summed E-state index contributed by atoms with van der Waals surface area (Å²) in [5.74, 6) is 0. The smallest absolute Gasteiger partial charge is 2.00 e. The second-order valence-corrected chi connectivity index (χ2v) is 0. The van der Waals surface area contributed by atoms with E-state index in [0.717, 1.165) is 0 Å². The quantitative estimate of drug-likeness (QED) is 0.334. The minimum atomic E-state index is 0. The van der Waals surface area contributed by atoms with Crippen LogP contribution in [0.15, 0.2) is 0 Å². The summed E-state index contributed by atoms with van der Waals surface area (Å²) < 4.78 is 0. The molecule has 0 saturated carbocycles. The third-order valence-corrected chi connectivity index (χ3v) is 0. The summed E-state index contributed by atoms with van der Waals surface area (Å²) in [7, 11) is 0. The van der Waals surface area contributed by atoms with Gasteiger partial charge in [0.1, 0.15) is 0 Å². The molecule has 3 nitrogen and oxygen atoms in total. The van der Waals surface area contributed by atoms with Crippen LogP contribution in [0.4, 0.5) is 0 Å². The summed E-state index contributed by atoms with van der Waals surface area (Å²) >= 11 is 0. The van der Waals surface area contributed by atoms with Crippen molar-refractivity contribution in [2.24, 2.45) is 0 Å². The van der Waals surface area contributed by atoms with Gasteiger partial charge in [-0.2, -0.15) is 0 Å². The summed E-state index contributed by atoms with van der Waals surface area (Å²) in [6.45, 7) is 0. The molecular formula is Bi2O3Si2. The van der Waals surface area contributed by atoms with E-state index in [4.69, 9.17) is 0 Å². The first kappa shape index (κ1) is 137. The van der Waals surface area contributed by atoms with Gasteiger partial charge >= 0.3 is 52.4 Å². The molecular weight excluding hydrogens is 522 g/mol. The fraction of sp³-hybridized carbons (Fsp3) is 0. The van der Waals surface area contributed by atoms with Gasteiger partial charge in [0, 0.05) is 21.9 Å². The SMILES string of the molecule is [Bi+3].[Bi+3].[O-2].[O-2].[O-2].[Si].[Si]. The Hall–Kier alpha value is 2.08. The van der Waals surface area contributed by atoms with Crippen molar-refractivity contribution in [3.05, 3.63) is 0 Å². The van der Waals surface area contributed by atoms with E-state index < -0.39 is 0 Å². The van der Waals surface area contributed by atoms with Crippen LogP contribution in [-0.4, -0.2) is 74.3 Å². The van der Waals surface area contributed by atoms with Crippen LogP contribution in [0.5, 0.6) is 0 Å². The monoisotopic (exact) mass is 522 g/mol. The van der Waals surface area contributed by atoms with Crippen LogP contribution in [0.25, 0.3) is 0 Å². The van der Waals surface area contributed by atoms with Gasteiger partial charge in [-0.05, 0) is 0 Å². The zero-order chi connectivity index (χ0) is 0. The zero-order valence-electron chi connectivity index (χ0n) is 3.12. The van der Waals surface area contributed by atoms with Gasteiger partial charge in [0.25, 0.3) is 0 Å². The first-order valence-electron chi connectivity index (χ1n) is 0. The molecule has 0 fully saturated rings.